The van der Waals surface area contributed by atoms with Gasteiger partial charge in [0, 0.05) is 36.3 Å². The molecule has 0 bridgehead atoms. The monoisotopic (exact) mass is 429 g/mol. The maximum atomic E-state index is 12.6. The third-order valence-corrected chi connectivity index (χ3v) is 5.40. The summed E-state index contributed by atoms with van der Waals surface area (Å²) in [6.45, 7) is 0.0988. The third kappa shape index (κ3) is 4.98. The molecule has 10 heteroatoms. The number of non-ortho nitro benzene ring substituents is 1. The van der Waals surface area contributed by atoms with Crippen LogP contribution in [0.1, 0.15) is 12.0 Å². The van der Waals surface area contributed by atoms with Crippen LogP contribution < -0.4 is 5.32 Å². The molecule has 2 N–H and O–H groups in total. The minimum Gasteiger partial charge on any atom is -0.507 e. The number of nitrogens with zero attached hydrogens (tertiary/aromatic N) is 2. The summed E-state index contributed by atoms with van der Waals surface area (Å²) < 4.78 is 0.333. The Morgan fingerprint density at radius 2 is 1.93 bits per heavy atom. The average molecular weight is 429 g/mol. The lowest BCUT2D eigenvalue weighted by Crippen LogP contribution is -2.31. The van der Waals surface area contributed by atoms with Gasteiger partial charge in [-0.3, -0.25) is 24.6 Å². The van der Waals surface area contributed by atoms with Crippen LogP contribution in [0.25, 0.3) is 6.08 Å². The van der Waals surface area contributed by atoms with Crippen molar-refractivity contribution in [3.8, 4) is 5.75 Å². The van der Waals surface area contributed by atoms with Gasteiger partial charge in [-0.05, 0) is 24.3 Å². The van der Waals surface area contributed by atoms with Crippen LogP contribution in [0.15, 0.2) is 53.4 Å². The van der Waals surface area contributed by atoms with Crippen molar-refractivity contribution in [2.75, 3.05) is 11.9 Å². The number of thioether (sulfide) groups is 1. The summed E-state index contributed by atoms with van der Waals surface area (Å²) in [4.78, 5) is 36.5. The van der Waals surface area contributed by atoms with Crippen LogP contribution in [0.4, 0.5) is 11.4 Å². The number of anilines is 1. The van der Waals surface area contributed by atoms with Gasteiger partial charge in [0.15, 0.2) is 0 Å². The largest absolute Gasteiger partial charge is 0.507 e. The topological polar surface area (TPSA) is 113 Å². The second-order valence-electron chi connectivity index (χ2n) is 5.99. The molecule has 0 unspecified atom stereocenters. The molecule has 0 spiro atoms. The highest BCUT2D eigenvalue weighted by Gasteiger charge is 2.32. The zero-order valence-electron chi connectivity index (χ0n) is 14.9. The Bertz CT molecular complexity index is 1020. The second kappa shape index (κ2) is 8.84. The number of nitro groups is 1. The van der Waals surface area contributed by atoms with Crippen molar-refractivity contribution in [2.24, 2.45) is 0 Å². The molecular formula is C19H15N3O5S2. The zero-order valence-corrected chi connectivity index (χ0v) is 16.5. The van der Waals surface area contributed by atoms with Gasteiger partial charge in [0.25, 0.3) is 11.6 Å². The number of carbonyl (C=O) groups is 2. The summed E-state index contributed by atoms with van der Waals surface area (Å²) in [6.07, 6.45) is 1.57. The van der Waals surface area contributed by atoms with Gasteiger partial charge in [-0.1, -0.05) is 42.2 Å². The van der Waals surface area contributed by atoms with Gasteiger partial charge in [-0.15, -0.1) is 0 Å². The first-order valence-electron chi connectivity index (χ1n) is 8.43. The summed E-state index contributed by atoms with van der Waals surface area (Å²) in [5.74, 6) is -0.621. The van der Waals surface area contributed by atoms with Gasteiger partial charge in [-0.25, -0.2) is 0 Å². The molecule has 0 saturated carbocycles. The number of carbonyl (C=O) groups excluding carboxylic acids is 2. The summed E-state index contributed by atoms with van der Waals surface area (Å²) in [7, 11) is 0. The second-order valence-corrected chi connectivity index (χ2v) is 7.67. The standard InChI is InChI=1S/C19H15N3O5S2/c23-15-4-2-1-3-12(15)11-16-18(25)21(19(28)29-16)10-9-17(24)20-13-5-7-14(8-6-13)22(26)27/h1-8,11,23H,9-10H2,(H,20,24)/b16-11-. The Labute approximate surface area is 175 Å². The number of nitrogens with one attached hydrogen (secondary N) is 1. The van der Waals surface area contributed by atoms with Crippen molar-refractivity contribution < 1.29 is 19.6 Å². The molecule has 0 aromatic heterocycles. The van der Waals surface area contributed by atoms with E-state index in [4.69, 9.17) is 12.2 Å². The van der Waals surface area contributed by atoms with Crippen LogP contribution in [0.5, 0.6) is 5.75 Å². The number of hydrogen-bond donors (Lipinski definition) is 2. The summed E-state index contributed by atoms with van der Waals surface area (Å²) in [6, 6.07) is 12.1. The molecule has 0 radical (unpaired) electrons. The maximum Gasteiger partial charge on any atom is 0.269 e. The van der Waals surface area contributed by atoms with Crippen LogP contribution in [0, 0.1) is 10.1 Å². The molecule has 2 aromatic carbocycles. The van der Waals surface area contributed by atoms with Gasteiger partial charge < -0.3 is 10.4 Å². The normalized spacial score (nSPS) is 15.0. The van der Waals surface area contributed by atoms with E-state index in [0.717, 1.165) is 11.8 Å². The first kappa shape index (κ1) is 20.5. The molecule has 1 aliphatic rings. The van der Waals surface area contributed by atoms with Crippen molar-refractivity contribution in [3.05, 3.63) is 69.1 Å². The number of benzene rings is 2. The number of thiocarbonyl (C=S) groups is 1. The average Bonchev–Trinajstić information content (AvgIpc) is 2.95. The van der Waals surface area contributed by atoms with Gasteiger partial charge in [-0.2, -0.15) is 0 Å². The number of rotatable bonds is 6. The van der Waals surface area contributed by atoms with Gasteiger partial charge in [0.05, 0.1) is 9.83 Å². The molecule has 1 fully saturated rings. The van der Waals surface area contributed by atoms with Crippen molar-refractivity contribution in [1.29, 1.82) is 0 Å². The van der Waals surface area contributed by atoms with Crippen molar-refractivity contribution in [1.82, 2.24) is 4.90 Å². The zero-order chi connectivity index (χ0) is 21.0. The van der Waals surface area contributed by atoms with Crippen LogP contribution >= 0.6 is 24.0 Å². The third-order valence-electron chi connectivity index (χ3n) is 4.02. The number of phenols is 1. The van der Waals surface area contributed by atoms with Crippen molar-refractivity contribution in [2.45, 2.75) is 6.42 Å². The Balaban J connectivity index is 1.59. The molecule has 0 aliphatic carbocycles. The molecule has 1 aliphatic heterocycles. The van der Waals surface area contributed by atoms with E-state index in [2.05, 4.69) is 5.32 Å². The van der Waals surface area contributed by atoms with E-state index in [1.54, 1.807) is 24.3 Å². The Kier molecular flexibility index (Phi) is 6.25. The lowest BCUT2D eigenvalue weighted by Gasteiger charge is -2.14. The van der Waals surface area contributed by atoms with E-state index >= 15 is 0 Å². The van der Waals surface area contributed by atoms with Crippen LogP contribution in [0.2, 0.25) is 0 Å². The minimum absolute atomic E-state index is 0.00724. The molecule has 148 valence electrons. The number of para-hydroxylation sites is 1. The number of hydrogen-bond acceptors (Lipinski definition) is 7. The molecule has 1 saturated heterocycles. The van der Waals surface area contributed by atoms with Crippen LogP contribution in [0.3, 0.4) is 0 Å². The molecule has 2 amide bonds. The highest BCUT2D eigenvalue weighted by Crippen LogP contribution is 2.34. The predicted octanol–water partition coefficient (Wildman–Crippen LogP) is 3.53. The quantitative estimate of drug-likeness (QED) is 0.313. The van der Waals surface area contributed by atoms with Crippen LogP contribution in [-0.4, -0.2) is 37.6 Å². The van der Waals surface area contributed by atoms with E-state index in [-0.39, 0.29) is 36.2 Å². The smallest absolute Gasteiger partial charge is 0.269 e. The van der Waals surface area contributed by atoms with E-state index in [1.807, 2.05) is 0 Å². The first-order valence-corrected chi connectivity index (χ1v) is 9.65. The predicted molar refractivity (Wildman–Crippen MR) is 114 cm³/mol. The van der Waals surface area contributed by atoms with E-state index < -0.39 is 4.92 Å². The summed E-state index contributed by atoms with van der Waals surface area (Å²) in [5.41, 5.74) is 0.853. The van der Waals surface area contributed by atoms with E-state index in [9.17, 15) is 24.8 Å². The molecule has 3 rings (SSSR count). The fourth-order valence-electron chi connectivity index (χ4n) is 2.55. The number of nitro benzene ring substituents is 1. The number of aromatic hydroxyl groups is 1. The van der Waals surface area contributed by atoms with Crippen molar-refractivity contribution in [3.63, 3.8) is 0 Å². The summed E-state index contributed by atoms with van der Waals surface area (Å²) in [5, 5.41) is 23.1. The van der Waals surface area contributed by atoms with Gasteiger partial charge >= 0.3 is 0 Å². The Hall–Kier alpha value is -3.24. The first-order chi connectivity index (χ1) is 13.8. The lowest BCUT2D eigenvalue weighted by atomic mass is 10.2. The molecule has 1 heterocycles. The fraction of sp³-hybridized carbons (Fsp3) is 0.105. The molecule has 0 atom stereocenters. The number of phenolic OH excluding ortho intramolecular Hbond substituents is 1. The number of amides is 2. The summed E-state index contributed by atoms with van der Waals surface area (Å²) >= 11 is 6.34. The molecule has 29 heavy (non-hydrogen) atoms. The highest BCUT2D eigenvalue weighted by atomic mass is 32.2. The fourth-order valence-corrected chi connectivity index (χ4v) is 3.85. The molecule has 2 aromatic rings. The minimum atomic E-state index is -0.524. The highest BCUT2D eigenvalue weighted by molar-refractivity contribution is 8.26. The van der Waals surface area contributed by atoms with E-state index in [0.29, 0.717) is 20.5 Å². The van der Waals surface area contributed by atoms with Gasteiger partial charge in [0.2, 0.25) is 5.91 Å². The Morgan fingerprint density at radius 3 is 2.59 bits per heavy atom. The van der Waals surface area contributed by atoms with E-state index in [1.165, 1.54) is 35.2 Å². The van der Waals surface area contributed by atoms with Crippen LogP contribution in [-0.2, 0) is 9.59 Å². The Morgan fingerprint density at radius 1 is 1.24 bits per heavy atom. The lowest BCUT2D eigenvalue weighted by molar-refractivity contribution is -0.384. The maximum absolute atomic E-state index is 12.6. The van der Waals surface area contributed by atoms with Gasteiger partial charge in [0.1, 0.15) is 10.1 Å². The molecular weight excluding hydrogens is 414 g/mol. The SMILES string of the molecule is O=C(CCN1C(=O)/C(=C/c2ccccc2O)SC1=S)Nc1ccc([N+](=O)[O-])cc1. The van der Waals surface area contributed by atoms with Crippen molar-refractivity contribution >= 4 is 57.6 Å². The molecule has 8 nitrogen and oxygen atoms in total.